The fourth-order valence-corrected chi connectivity index (χ4v) is 2.77. The number of benzene rings is 1. The Hall–Kier alpha value is -3.16. The van der Waals surface area contributed by atoms with Gasteiger partial charge in [-0.2, -0.15) is 5.10 Å². The van der Waals surface area contributed by atoms with Crippen LogP contribution in [0.2, 0.25) is 0 Å². The van der Waals surface area contributed by atoms with Crippen molar-refractivity contribution in [3.8, 4) is 0 Å². The number of rotatable bonds is 5. The van der Waals surface area contributed by atoms with E-state index in [0.717, 1.165) is 31.5 Å². The summed E-state index contributed by atoms with van der Waals surface area (Å²) < 4.78 is 1.87. The number of carbonyl (C=O) groups excluding carboxylic acids is 2. The van der Waals surface area contributed by atoms with Crippen LogP contribution in [-0.2, 0) is 17.8 Å². The summed E-state index contributed by atoms with van der Waals surface area (Å²) >= 11 is 0. The van der Waals surface area contributed by atoms with Crippen LogP contribution in [0.3, 0.4) is 0 Å². The Morgan fingerprint density at radius 1 is 1.12 bits per heavy atom. The standard InChI is InChI=1S/C17H18N4O4/c22-15(23)10-18-16(24)11-4-6-12(7-5-11)20-17(25)13-9-19-21-8-2-1-3-14(13)21/h4-7,9H,1-3,8,10H2,(H,18,24)(H,20,25)(H,22,23). The van der Waals surface area contributed by atoms with Gasteiger partial charge in [0, 0.05) is 17.8 Å². The molecule has 0 saturated carbocycles. The van der Waals surface area contributed by atoms with Gasteiger partial charge < -0.3 is 15.7 Å². The van der Waals surface area contributed by atoms with E-state index in [-0.39, 0.29) is 5.91 Å². The number of anilines is 1. The van der Waals surface area contributed by atoms with Gasteiger partial charge in [0.2, 0.25) is 0 Å². The van der Waals surface area contributed by atoms with Crippen LogP contribution in [0.15, 0.2) is 30.5 Å². The molecule has 2 amide bonds. The highest BCUT2D eigenvalue weighted by atomic mass is 16.4. The fraction of sp³-hybridized carbons (Fsp3) is 0.294. The maximum absolute atomic E-state index is 12.4. The summed E-state index contributed by atoms with van der Waals surface area (Å²) in [7, 11) is 0. The lowest BCUT2D eigenvalue weighted by atomic mass is 10.1. The average Bonchev–Trinajstić information content (AvgIpc) is 3.04. The summed E-state index contributed by atoms with van der Waals surface area (Å²) in [5.41, 5.74) is 2.40. The molecule has 0 unspecified atom stereocenters. The number of carbonyl (C=O) groups is 3. The molecule has 0 radical (unpaired) electrons. The zero-order chi connectivity index (χ0) is 17.8. The summed E-state index contributed by atoms with van der Waals surface area (Å²) in [6.45, 7) is 0.396. The van der Waals surface area contributed by atoms with Crippen molar-refractivity contribution in [1.82, 2.24) is 15.1 Å². The van der Waals surface area contributed by atoms with E-state index in [9.17, 15) is 14.4 Å². The van der Waals surface area contributed by atoms with Crippen molar-refractivity contribution in [2.24, 2.45) is 0 Å². The van der Waals surface area contributed by atoms with Crippen LogP contribution in [0.1, 0.15) is 39.3 Å². The summed E-state index contributed by atoms with van der Waals surface area (Å²) in [5.74, 6) is -1.82. The van der Waals surface area contributed by atoms with Gasteiger partial charge in [-0.15, -0.1) is 0 Å². The van der Waals surface area contributed by atoms with E-state index in [1.807, 2.05) is 4.68 Å². The van der Waals surface area contributed by atoms with E-state index in [2.05, 4.69) is 15.7 Å². The Kier molecular flexibility index (Phi) is 4.78. The Labute approximate surface area is 143 Å². The molecule has 8 heteroatoms. The normalized spacial score (nSPS) is 13.0. The molecular weight excluding hydrogens is 324 g/mol. The quantitative estimate of drug-likeness (QED) is 0.758. The topological polar surface area (TPSA) is 113 Å². The molecular formula is C17H18N4O4. The molecule has 1 aliphatic rings. The summed E-state index contributed by atoms with van der Waals surface area (Å²) in [4.78, 5) is 34.6. The number of amides is 2. The van der Waals surface area contributed by atoms with E-state index in [4.69, 9.17) is 5.11 Å². The van der Waals surface area contributed by atoms with E-state index in [1.54, 1.807) is 18.3 Å². The van der Waals surface area contributed by atoms with E-state index < -0.39 is 18.4 Å². The Bertz CT molecular complexity index is 811. The predicted octanol–water partition coefficient (Wildman–Crippen LogP) is 1.29. The van der Waals surface area contributed by atoms with Gasteiger partial charge in [0.05, 0.1) is 17.5 Å². The van der Waals surface area contributed by atoms with Crippen molar-refractivity contribution in [3.05, 3.63) is 47.3 Å². The molecule has 0 spiro atoms. The van der Waals surface area contributed by atoms with Crippen molar-refractivity contribution in [3.63, 3.8) is 0 Å². The first-order valence-corrected chi connectivity index (χ1v) is 8.00. The van der Waals surface area contributed by atoms with Crippen LogP contribution in [-0.4, -0.2) is 39.2 Å². The van der Waals surface area contributed by atoms with Crippen LogP contribution in [0.5, 0.6) is 0 Å². The van der Waals surface area contributed by atoms with E-state index in [1.165, 1.54) is 12.1 Å². The van der Waals surface area contributed by atoms with Gasteiger partial charge >= 0.3 is 5.97 Å². The van der Waals surface area contributed by atoms with Crippen LogP contribution < -0.4 is 10.6 Å². The zero-order valence-corrected chi connectivity index (χ0v) is 13.5. The third-order valence-corrected chi connectivity index (χ3v) is 4.03. The van der Waals surface area contributed by atoms with Crippen molar-refractivity contribution in [2.45, 2.75) is 25.8 Å². The number of nitrogens with one attached hydrogen (secondary N) is 2. The van der Waals surface area contributed by atoms with Gasteiger partial charge in [0.15, 0.2) is 0 Å². The number of aromatic nitrogens is 2. The molecule has 0 aliphatic carbocycles. The molecule has 0 atom stereocenters. The van der Waals surface area contributed by atoms with Gasteiger partial charge in [-0.3, -0.25) is 19.1 Å². The molecule has 0 saturated heterocycles. The number of carboxylic acids is 1. The predicted molar refractivity (Wildman–Crippen MR) is 89.5 cm³/mol. The van der Waals surface area contributed by atoms with Crippen molar-refractivity contribution in [1.29, 1.82) is 0 Å². The minimum absolute atomic E-state index is 0.230. The van der Waals surface area contributed by atoms with Crippen LogP contribution in [0.4, 0.5) is 5.69 Å². The molecule has 1 aromatic carbocycles. The summed E-state index contributed by atoms with van der Waals surface area (Å²) in [6.07, 6.45) is 4.54. The molecule has 25 heavy (non-hydrogen) atoms. The lowest BCUT2D eigenvalue weighted by Crippen LogP contribution is -2.29. The second kappa shape index (κ2) is 7.16. The number of nitrogens with zero attached hydrogens (tertiary/aromatic N) is 2. The molecule has 3 rings (SSSR count). The van der Waals surface area contributed by atoms with Gasteiger partial charge in [-0.25, -0.2) is 0 Å². The number of aryl methyl sites for hydroxylation is 1. The van der Waals surface area contributed by atoms with Crippen molar-refractivity contribution >= 4 is 23.5 Å². The van der Waals surface area contributed by atoms with Gasteiger partial charge in [-0.05, 0) is 43.5 Å². The second-order valence-corrected chi connectivity index (χ2v) is 5.79. The van der Waals surface area contributed by atoms with Gasteiger partial charge in [0.25, 0.3) is 11.8 Å². The average molecular weight is 342 g/mol. The minimum atomic E-state index is -1.11. The van der Waals surface area contributed by atoms with Crippen LogP contribution in [0.25, 0.3) is 0 Å². The second-order valence-electron chi connectivity index (χ2n) is 5.79. The Morgan fingerprint density at radius 3 is 2.60 bits per heavy atom. The maximum atomic E-state index is 12.4. The molecule has 3 N–H and O–H groups in total. The minimum Gasteiger partial charge on any atom is -0.480 e. The number of hydrogen-bond acceptors (Lipinski definition) is 4. The number of fused-ring (bicyclic) bond motifs is 1. The lowest BCUT2D eigenvalue weighted by molar-refractivity contribution is -0.135. The Morgan fingerprint density at radius 2 is 1.88 bits per heavy atom. The molecule has 130 valence electrons. The van der Waals surface area contributed by atoms with Crippen LogP contribution >= 0.6 is 0 Å². The van der Waals surface area contributed by atoms with Crippen molar-refractivity contribution in [2.75, 3.05) is 11.9 Å². The van der Waals surface area contributed by atoms with Crippen molar-refractivity contribution < 1.29 is 19.5 Å². The first-order valence-electron chi connectivity index (χ1n) is 8.00. The molecule has 8 nitrogen and oxygen atoms in total. The summed E-state index contributed by atoms with van der Waals surface area (Å²) in [6, 6.07) is 6.26. The highest BCUT2D eigenvalue weighted by molar-refractivity contribution is 6.05. The smallest absolute Gasteiger partial charge is 0.322 e. The first kappa shape index (κ1) is 16.7. The molecule has 0 bridgehead atoms. The SMILES string of the molecule is O=C(O)CNC(=O)c1ccc(NC(=O)c2cnn3c2CCCC3)cc1. The third-order valence-electron chi connectivity index (χ3n) is 4.03. The van der Waals surface area contributed by atoms with Gasteiger partial charge in [-0.1, -0.05) is 0 Å². The molecule has 1 aliphatic heterocycles. The van der Waals surface area contributed by atoms with Gasteiger partial charge in [0.1, 0.15) is 6.54 Å². The lowest BCUT2D eigenvalue weighted by Gasteiger charge is -2.14. The highest BCUT2D eigenvalue weighted by Crippen LogP contribution is 2.19. The molecule has 2 heterocycles. The van der Waals surface area contributed by atoms with Crippen LogP contribution in [0, 0.1) is 0 Å². The largest absolute Gasteiger partial charge is 0.480 e. The first-order chi connectivity index (χ1) is 12.0. The number of hydrogen-bond donors (Lipinski definition) is 3. The maximum Gasteiger partial charge on any atom is 0.322 e. The summed E-state index contributed by atoms with van der Waals surface area (Å²) in [5, 5.41) is 17.9. The number of aliphatic carboxylic acids is 1. The molecule has 0 fully saturated rings. The third kappa shape index (κ3) is 3.85. The molecule has 2 aromatic rings. The van der Waals surface area contributed by atoms with E-state index in [0.29, 0.717) is 16.8 Å². The monoisotopic (exact) mass is 342 g/mol. The Balaban J connectivity index is 1.65. The fourth-order valence-electron chi connectivity index (χ4n) is 2.77. The molecule has 1 aromatic heterocycles. The highest BCUT2D eigenvalue weighted by Gasteiger charge is 2.19. The van der Waals surface area contributed by atoms with E-state index >= 15 is 0 Å². The zero-order valence-electron chi connectivity index (χ0n) is 13.5. The number of carboxylic acid groups (broad SMARTS) is 1.